The Morgan fingerprint density at radius 2 is 1.42 bits per heavy atom. The van der Waals surface area contributed by atoms with Gasteiger partial charge in [-0.25, -0.2) is 4.79 Å². The normalized spacial score (nSPS) is 14.0. The summed E-state index contributed by atoms with van der Waals surface area (Å²) in [6, 6.07) is 14.5. The van der Waals surface area contributed by atoms with Crippen LogP contribution in [0.25, 0.3) is 11.1 Å². The van der Waals surface area contributed by atoms with E-state index in [1.54, 1.807) is 6.92 Å². The van der Waals surface area contributed by atoms with Crippen molar-refractivity contribution in [3.63, 3.8) is 0 Å². The SMILES string of the molecule is COCNC(=O)[C@H](C)NC(=O)[C@H](C)NC(=O)OCC1c2ccccc2-c2ccccc21. The molecule has 0 aliphatic heterocycles. The first-order valence-corrected chi connectivity index (χ1v) is 10.1. The molecule has 3 rings (SSSR count). The topological polar surface area (TPSA) is 106 Å². The van der Waals surface area contributed by atoms with E-state index in [0.29, 0.717) is 0 Å². The molecule has 0 aromatic heterocycles. The minimum atomic E-state index is -0.867. The summed E-state index contributed by atoms with van der Waals surface area (Å²) < 4.78 is 10.2. The maximum Gasteiger partial charge on any atom is 0.407 e. The van der Waals surface area contributed by atoms with Crippen LogP contribution in [0.15, 0.2) is 48.5 Å². The minimum Gasteiger partial charge on any atom is -0.449 e. The summed E-state index contributed by atoms with van der Waals surface area (Å²) >= 11 is 0. The number of carbonyl (C=O) groups excluding carboxylic acids is 3. The molecule has 2 aromatic rings. The molecule has 3 amide bonds. The van der Waals surface area contributed by atoms with Crippen LogP contribution in [0.5, 0.6) is 0 Å². The zero-order valence-electron chi connectivity index (χ0n) is 17.8. The third-order valence-electron chi connectivity index (χ3n) is 5.21. The second kappa shape index (κ2) is 10.1. The Morgan fingerprint density at radius 3 is 2.00 bits per heavy atom. The number of hydrogen-bond acceptors (Lipinski definition) is 5. The number of methoxy groups -OCH3 is 1. The Morgan fingerprint density at radius 1 is 0.871 bits per heavy atom. The van der Waals surface area contributed by atoms with E-state index < -0.39 is 24.1 Å². The van der Waals surface area contributed by atoms with Crippen molar-refractivity contribution in [1.82, 2.24) is 16.0 Å². The Hall–Kier alpha value is -3.39. The monoisotopic (exact) mass is 425 g/mol. The molecule has 0 saturated heterocycles. The van der Waals surface area contributed by atoms with Gasteiger partial charge in [0.05, 0.1) is 0 Å². The lowest BCUT2D eigenvalue weighted by molar-refractivity contribution is -0.130. The van der Waals surface area contributed by atoms with E-state index in [-0.39, 0.29) is 25.2 Å². The van der Waals surface area contributed by atoms with E-state index in [1.165, 1.54) is 14.0 Å². The number of benzene rings is 2. The van der Waals surface area contributed by atoms with Crippen molar-refractivity contribution in [3.8, 4) is 11.1 Å². The summed E-state index contributed by atoms with van der Waals surface area (Å²) in [5.41, 5.74) is 4.50. The van der Waals surface area contributed by atoms with Crippen LogP contribution in [0.3, 0.4) is 0 Å². The Bertz CT molecular complexity index is 916. The Balaban J connectivity index is 1.53. The summed E-state index contributed by atoms with van der Waals surface area (Å²) in [4.78, 5) is 36.4. The molecule has 2 atom stereocenters. The van der Waals surface area contributed by atoms with Crippen molar-refractivity contribution in [2.24, 2.45) is 0 Å². The van der Waals surface area contributed by atoms with Crippen LogP contribution in [-0.2, 0) is 19.1 Å². The average Bonchev–Trinajstić information content (AvgIpc) is 3.09. The number of rotatable bonds is 8. The number of amides is 3. The zero-order valence-corrected chi connectivity index (χ0v) is 17.8. The molecular weight excluding hydrogens is 398 g/mol. The van der Waals surface area contributed by atoms with E-state index in [1.807, 2.05) is 36.4 Å². The van der Waals surface area contributed by atoms with Crippen LogP contribution < -0.4 is 16.0 Å². The molecule has 31 heavy (non-hydrogen) atoms. The molecule has 164 valence electrons. The predicted octanol–water partition coefficient (Wildman–Crippen LogP) is 2.14. The van der Waals surface area contributed by atoms with E-state index in [2.05, 4.69) is 28.1 Å². The first-order chi connectivity index (χ1) is 14.9. The van der Waals surface area contributed by atoms with Crippen LogP contribution in [-0.4, -0.2) is 50.4 Å². The largest absolute Gasteiger partial charge is 0.449 e. The van der Waals surface area contributed by atoms with Crippen molar-refractivity contribution in [1.29, 1.82) is 0 Å². The lowest BCUT2D eigenvalue weighted by Gasteiger charge is -2.19. The van der Waals surface area contributed by atoms with Crippen molar-refractivity contribution in [3.05, 3.63) is 59.7 Å². The van der Waals surface area contributed by atoms with Crippen molar-refractivity contribution in [2.75, 3.05) is 20.4 Å². The summed E-state index contributed by atoms with van der Waals surface area (Å²) in [5, 5.41) is 7.55. The molecule has 3 N–H and O–H groups in total. The lowest BCUT2D eigenvalue weighted by Crippen LogP contribution is -2.52. The molecular formula is C23H27N3O5. The van der Waals surface area contributed by atoms with Gasteiger partial charge in [0, 0.05) is 13.0 Å². The number of fused-ring (bicyclic) bond motifs is 3. The van der Waals surface area contributed by atoms with E-state index in [4.69, 9.17) is 9.47 Å². The van der Waals surface area contributed by atoms with E-state index in [9.17, 15) is 14.4 Å². The fourth-order valence-electron chi connectivity index (χ4n) is 3.58. The van der Waals surface area contributed by atoms with Gasteiger partial charge in [-0.2, -0.15) is 0 Å². The van der Waals surface area contributed by atoms with Gasteiger partial charge in [-0.1, -0.05) is 48.5 Å². The lowest BCUT2D eigenvalue weighted by atomic mass is 9.98. The Labute approximate surface area is 181 Å². The first-order valence-electron chi connectivity index (χ1n) is 10.1. The maximum absolute atomic E-state index is 12.3. The van der Waals surface area contributed by atoms with Gasteiger partial charge in [0.25, 0.3) is 0 Å². The Kier molecular flexibility index (Phi) is 7.25. The summed E-state index contributed by atoms with van der Waals surface area (Å²) in [5.74, 6) is -0.941. The van der Waals surface area contributed by atoms with Gasteiger partial charge in [-0.3, -0.25) is 9.59 Å². The third kappa shape index (κ3) is 5.21. The number of hydrogen-bond donors (Lipinski definition) is 3. The summed E-state index contributed by atoms with van der Waals surface area (Å²) in [6.07, 6.45) is -0.694. The number of nitrogens with one attached hydrogen (secondary N) is 3. The second-order valence-corrected chi connectivity index (χ2v) is 7.40. The van der Waals surface area contributed by atoms with Crippen molar-refractivity contribution >= 4 is 17.9 Å². The second-order valence-electron chi connectivity index (χ2n) is 7.40. The molecule has 0 bridgehead atoms. The molecule has 8 heteroatoms. The molecule has 0 radical (unpaired) electrons. The van der Waals surface area contributed by atoms with E-state index >= 15 is 0 Å². The van der Waals surface area contributed by atoms with Gasteiger partial charge >= 0.3 is 6.09 Å². The highest BCUT2D eigenvalue weighted by molar-refractivity contribution is 5.90. The summed E-state index contributed by atoms with van der Waals surface area (Å²) in [6.45, 7) is 3.27. The number of alkyl carbamates (subject to hydrolysis) is 1. The maximum atomic E-state index is 12.3. The quantitative estimate of drug-likeness (QED) is 0.562. The molecule has 2 aromatic carbocycles. The highest BCUT2D eigenvalue weighted by atomic mass is 16.5. The van der Waals surface area contributed by atoms with Gasteiger partial charge in [0.2, 0.25) is 11.8 Å². The van der Waals surface area contributed by atoms with Gasteiger partial charge in [0.15, 0.2) is 0 Å². The highest BCUT2D eigenvalue weighted by Gasteiger charge is 2.29. The standard InChI is InChI=1S/C23H27N3O5/c1-14(21(27)24-13-30-3)25-22(28)15(2)26-23(29)31-12-20-18-10-6-4-8-16(18)17-9-5-7-11-19(17)20/h4-11,14-15,20H,12-13H2,1-3H3,(H,24,27)(H,25,28)(H,26,29)/t14-,15-/m0/s1. The smallest absolute Gasteiger partial charge is 0.407 e. The fourth-order valence-corrected chi connectivity index (χ4v) is 3.58. The minimum absolute atomic E-state index is 0.0482. The van der Waals surface area contributed by atoms with Crippen LogP contribution in [0.4, 0.5) is 4.79 Å². The number of carbonyl (C=O) groups is 3. The molecule has 1 aliphatic carbocycles. The molecule has 0 unspecified atom stereocenters. The van der Waals surface area contributed by atoms with Crippen molar-refractivity contribution in [2.45, 2.75) is 31.8 Å². The third-order valence-corrected chi connectivity index (χ3v) is 5.21. The number of ether oxygens (including phenoxy) is 2. The summed E-state index contributed by atoms with van der Waals surface area (Å²) in [7, 11) is 1.45. The molecule has 0 spiro atoms. The van der Waals surface area contributed by atoms with Crippen LogP contribution in [0.1, 0.15) is 30.9 Å². The fraction of sp³-hybridized carbons (Fsp3) is 0.348. The molecule has 0 heterocycles. The average molecular weight is 425 g/mol. The zero-order chi connectivity index (χ0) is 22.4. The molecule has 8 nitrogen and oxygen atoms in total. The van der Waals surface area contributed by atoms with Crippen LogP contribution in [0, 0.1) is 0 Å². The molecule has 0 fully saturated rings. The molecule has 0 saturated carbocycles. The van der Waals surface area contributed by atoms with Gasteiger partial charge < -0.3 is 25.4 Å². The van der Waals surface area contributed by atoms with Gasteiger partial charge in [0.1, 0.15) is 25.4 Å². The van der Waals surface area contributed by atoms with Crippen LogP contribution >= 0.6 is 0 Å². The van der Waals surface area contributed by atoms with Gasteiger partial charge in [-0.05, 0) is 36.1 Å². The van der Waals surface area contributed by atoms with Gasteiger partial charge in [-0.15, -0.1) is 0 Å². The van der Waals surface area contributed by atoms with Crippen molar-refractivity contribution < 1.29 is 23.9 Å². The van der Waals surface area contributed by atoms with E-state index in [0.717, 1.165) is 22.3 Å². The first kappa shape index (κ1) is 22.3. The highest BCUT2D eigenvalue weighted by Crippen LogP contribution is 2.44. The van der Waals surface area contributed by atoms with Crippen LogP contribution in [0.2, 0.25) is 0 Å². The predicted molar refractivity (Wildman–Crippen MR) is 115 cm³/mol. The molecule has 1 aliphatic rings.